The van der Waals surface area contributed by atoms with Gasteiger partial charge in [0.05, 0.1) is 5.02 Å². The summed E-state index contributed by atoms with van der Waals surface area (Å²) in [5.41, 5.74) is 1.74. The van der Waals surface area contributed by atoms with Gasteiger partial charge in [-0.2, -0.15) is 0 Å². The average Bonchev–Trinajstić information content (AvgIpc) is 2.32. The van der Waals surface area contributed by atoms with E-state index >= 15 is 0 Å². The molecule has 2 nitrogen and oxygen atoms in total. The van der Waals surface area contributed by atoms with Gasteiger partial charge >= 0.3 is 0 Å². The van der Waals surface area contributed by atoms with Crippen molar-refractivity contribution in [2.75, 3.05) is 5.32 Å². The topological polar surface area (TPSA) is 24.9 Å². The van der Waals surface area contributed by atoms with Gasteiger partial charge in [0.25, 0.3) is 0 Å². The van der Waals surface area contributed by atoms with Crippen molar-refractivity contribution in [3.63, 3.8) is 0 Å². The maximum Gasteiger partial charge on any atom is 0.143 e. The maximum atomic E-state index is 13.1. The van der Waals surface area contributed by atoms with Crippen LogP contribution in [0.25, 0.3) is 0 Å². The van der Waals surface area contributed by atoms with Crippen LogP contribution in [0.15, 0.2) is 42.7 Å². The molecule has 0 aliphatic carbocycles. The molecule has 16 heavy (non-hydrogen) atoms. The number of aromatic nitrogens is 1. The molecule has 0 amide bonds. The van der Waals surface area contributed by atoms with Gasteiger partial charge in [0.1, 0.15) is 5.82 Å². The number of hydrogen-bond acceptors (Lipinski definition) is 2. The highest BCUT2D eigenvalue weighted by Crippen LogP contribution is 2.19. The fraction of sp³-hybridized carbons (Fsp3) is 0.0833. The van der Waals surface area contributed by atoms with E-state index in [1.54, 1.807) is 18.5 Å². The standard InChI is InChI=1S/C12H10ClFN2/c13-11-4-3-10(6-12(11)14)16-8-9-2-1-5-15-7-9/h1-7,16H,8H2. The zero-order chi connectivity index (χ0) is 11.4. The van der Waals surface area contributed by atoms with Gasteiger partial charge in [-0.25, -0.2) is 4.39 Å². The number of benzene rings is 1. The number of halogens is 2. The molecule has 0 bridgehead atoms. The lowest BCUT2D eigenvalue weighted by atomic mass is 10.2. The molecular formula is C12H10ClFN2. The molecule has 1 aromatic carbocycles. The molecule has 1 aromatic heterocycles. The molecule has 0 saturated carbocycles. The summed E-state index contributed by atoms with van der Waals surface area (Å²) in [5.74, 6) is -0.419. The monoisotopic (exact) mass is 236 g/mol. The fourth-order valence-corrected chi connectivity index (χ4v) is 1.43. The van der Waals surface area contributed by atoms with Crippen molar-refractivity contribution in [1.82, 2.24) is 4.98 Å². The lowest BCUT2D eigenvalue weighted by Crippen LogP contribution is -1.99. The van der Waals surface area contributed by atoms with E-state index in [1.165, 1.54) is 12.1 Å². The van der Waals surface area contributed by atoms with Crippen molar-refractivity contribution in [3.05, 3.63) is 59.1 Å². The predicted molar refractivity (Wildman–Crippen MR) is 63.0 cm³/mol. The summed E-state index contributed by atoms with van der Waals surface area (Å²) in [4.78, 5) is 3.99. The van der Waals surface area contributed by atoms with Crippen molar-refractivity contribution in [3.8, 4) is 0 Å². The van der Waals surface area contributed by atoms with Crippen molar-refractivity contribution >= 4 is 17.3 Å². The zero-order valence-corrected chi connectivity index (χ0v) is 9.21. The molecule has 0 aliphatic heterocycles. The van der Waals surface area contributed by atoms with Crippen LogP contribution in [-0.2, 0) is 6.54 Å². The molecule has 0 saturated heterocycles. The number of anilines is 1. The maximum absolute atomic E-state index is 13.1. The normalized spacial score (nSPS) is 10.1. The summed E-state index contributed by atoms with van der Waals surface area (Å²) in [6.45, 7) is 0.606. The third kappa shape index (κ3) is 2.70. The van der Waals surface area contributed by atoms with E-state index in [4.69, 9.17) is 11.6 Å². The number of nitrogens with zero attached hydrogens (tertiary/aromatic N) is 1. The van der Waals surface area contributed by atoms with E-state index < -0.39 is 5.82 Å². The van der Waals surface area contributed by atoms with Crippen LogP contribution in [0.3, 0.4) is 0 Å². The summed E-state index contributed by atoms with van der Waals surface area (Å²) < 4.78 is 13.1. The van der Waals surface area contributed by atoms with Crippen molar-refractivity contribution < 1.29 is 4.39 Å². The molecule has 2 rings (SSSR count). The van der Waals surface area contributed by atoms with Crippen LogP contribution in [0.2, 0.25) is 5.02 Å². The molecule has 0 atom stereocenters. The Labute approximate surface area is 98.1 Å². The molecule has 2 aromatic rings. The van der Waals surface area contributed by atoms with E-state index in [1.807, 2.05) is 12.1 Å². The zero-order valence-electron chi connectivity index (χ0n) is 8.45. The first-order valence-electron chi connectivity index (χ1n) is 4.83. The molecule has 1 heterocycles. The van der Waals surface area contributed by atoms with Gasteiger partial charge in [-0.05, 0) is 29.8 Å². The minimum absolute atomic E-state index is 0.131. The van der Waals surface area contributed by atoms with Gasteiger partial charge in [0.2, 0.25) is 0 Å². The van der Waals surface area contributed by atoms with Crippen LogP contribution in [-0.4, -0.2) is 4.98 Å². The Kier molecular flexibility index (Phi) is 3.37. The van der Waals surface area contributed by atoms with E-state index in [0.29, 0.717) is 12.2 Å². The third-order valence-electron chi connectivity index (χ3n) is 2.14. The molecule has 1 N–H and O–H groups in total. The van der Waals surface area contributed by atoms with Gasteiger partial charge in [0.15, 0.2) is 0 Å². The van der Waals surface area contributed by atoms with Gasteiger partial charge < -0.3 is 5.32 Å². The highest BCUT2D eigenvalue weighted by Gasteiger charge is 2.00. The van der Waals surface area contributed by atoms with E-state index in [2.05, 4.69) is 10.3 Å². The fourth-order valence-electron chi connectivity index (χ4n) is 1.31. The Bertz CT molecular complexity index is 474. The Morgan fingerprint density at radius 2 is 2.19 bits per heavy atom. The van der Waals surface area contributed by atoms with Gasteiger partial charge in [-0.1, -0.05) is 17.7 Å². The molecule has 82 valence electrons. The molecule has 0 aliphatic rings. The molecule has 4 heteroatoms. The average molecular weight is 237 g/mol. The highest BCUT2D eigenvalue weighted by molar-refractivity contribution is 6.30. The van der Waals surface area contributed by atoms with Crippen molar-refractivity contribution in [1.29, 1.82) is 0 Å². The van der Waals surface area contributed by atoms with E-state index in [-0.39, 0.29) is 5.02 Å². The second-order valence-electron chi connectivity index (χ2n) is 3.34. The third-order valence-corrected chi connectivity index (χ3v) is 2.45. The quantitative estimate of drug-likeness (QED) is 0.883. The first kappa shape index (κ1) is 10.9. The number of nitrogens with one attached hydrogen (secondary N) is 1. The predicted octanol–water partition coefficient (Wildman–Crippen LogP) is 3.49. The smallest absolute Gasteiger partial charge is 0.143 e. The van der Waals surface area contributed by atoms with Gasteiger partial charge in [-0.3, -0.25) is 4.98 Å². The lowest BCUT2D eigenvalue weighted by molar-refractivity contribution is 0.628. The van der Waals surface area contributed by atoms with Crippen LogP contribution in [0, 0.1) is 5.82 Å². The van der Waals surface area contributed by atoms with Crippen molar-refractivity contribution in [2.24, 2.45) is 0 Å². The molecule has 0 unspecified atom stereocenters. The van der Waals surface area contributed by atoms with Crippen LogP contribution in [0.1, 0.15) is 5.56 Å². The summed E-state index contributed by atoms with van der Waals surface area (Å²) in [6, 6.07) is 8.45. The first-order chi connectivity index (χ1) is 7.75. The Morgan fingerprint density at radius 3 is 2.88 bits per heavy atom. The van der Waals surface area contributed by atoms with Crippen molar-refractivity contribution in [2.45, 2.75) is 6.54 Å². The second-order valence-corrected chi connectivity index (χ2v) is 3.75. The van der Waals surface area contributed by atoms with Crippen LogP contribution < -0.4 is 5.32 Å². The summed E-state index contributed by atoms with van der Waals surface area (Å²) in [5, 5.41) is 3.22. The molecular weight excluding hydrogens is 227 g/mol. The summed E-state index contributed by atoms with van der Waals surface area (Å²) in [7, 11) is 0. The minimum atomic E-state index is -0.419. The minimum Gasteiger partial charge on any atom is -0.381 e. The highest BCUT2D eigenvalue weighted by atomic mass is 35.5. The SMILES string of the molecule is Fc1cc(NCc2cccnc2)ccc1Cl. The Hall–Kier alpha value is -1.61. The van der Waals surface area contributed by atoms with E-state index in [9.17, 15) is 4.39 Å². The number of rotatable bonds is 3. The Morgan fingerprint density at radius 1 is 1.31 bits per heavy atom. The lowest BCUT2D eigenvalue weighted by Gasteiger charge is -2.06. The summed E-state index contributed by atoms with van der Waals surface area (Å²) >= 11 is 5.59. The van der Waals surface area contributed by atoms with Gasteiger partial charge in [0, 0.05) is 24.6 Å². The molecule has 0 spiro atoms. The Balaban J connectivity index is 2.03. The molecule has 0 fully saturated rings. The van der Waals surface area contributed by atoms with E-state index in [0.717, 1.165) is 5.56 Å². The summed E-state index contributed by atoms with van der Waals surface area (Å²) in [6.07, 6.45) is 3.48. The second kappa shape index (κ2) is 4.94. The number of pyridine rings is 1. The molecule has 0 radical (unpaired) electrons. The first-order valence-corrected chi connectivity index (χ1v) is 5.21. The largest absolute Gasteiger partial charge is 0.381 e. The number of hydrogen-bond donors (Lipinski definition) is 1. The van der Waals surface area contributed by atoms with Crippen LogP contribution in [0.5, 0.6) is 0 Å². The van der Waals surface area contributed by atoms with Crippen LogP contribution >= 0.6 is 11.6 Å². The van der Waals surface area contributed by atoms with Gasteiger partial charge in [-0.15, -0.1) is 0 Å². The van der Waals surface area contributed by atoms with Crippen LogP contribution in [0.4, 0.5) is 10.1 Å².